The minimum Gasteiger partial charge on any atom is -0.500 e. The van der Waals surface area contributed by atoms with Crippen LogP contribution in [0.25, 0.3) is 0 Å². The topological polar surface area (TPSA) is 73.9 Å². The average molecular weight is 245 g/mol. The summed E-state index contributed by atoms with van der Waals surface area (Å²) in [5.74, 6) is -1.35. The average Bonchev–Trinajstić information content (AvgIpc) is 2.29. The molecule has 0 bridgehead atoms. The SMILES string of the molecule is CCOC=CNC(C(=O)OCC)C(=O)OCC. The van der Waals surface area contributed by atoms with E-state index in [9.17, 15) is 9.59 Å². The molecule has 0 aliphatic carbocycles. The highest BCUT2D eigenvalue weighted by molar-refractivity contribution is 5.99. The van der Waals surface area contributed by atoms with Crippen LogP contribution < -0.4 is 5.32 Å². The van der Waals surface area contributed by atoms with E-state index in [4.69, 9.17) is 14.2 Å². The van der Waals surface area contributed by atoms with E-state index in [2.05, 4.69) is 5.32 Å². The van der Waals surface area contributed by atoms with Crippen molar-refractivity contribution in [2.24, 2.45) is 0 Å². The van der Waals surface area contributed by atoms with Gasteiger partial charge in [0.15, 0.2) is 0 Å². The van der Waals surface area contributed by atoms with E-state index < -0.39 is 18.0 Å². The number of rotatable bonds is 8. The van der Waals surface area contributed by atoms with Crippen molar-refractivity contribution in [3.05, 3.63) is 12.5 Å². The Kier molecular flexibility index (Phi) is 8.54. The number of ether oxygens (including phenoxy) is 3. The molecular formula is C11H19NO5. The Bertz CT molecular complexity index is 247. The van der Waals surface area contributed by atoms with E-state index in [1.807, 2.05) is 6.92 Å². The molecule has 0 aliphatic rings. The van der Waals surface area contributed by atoms with Crippen LogP contribution in [0.2, 0.25) is 0 Å². The van der Waals surface area contributed by atoms with Crippen LogP contribution in [-0.2, 0) is 23.8 Å². The minimum atomic E-state index is -1.16. The Hall–Kier alpha value is -1.72. The van der Waals surface area contributed by atoms with Crippen LogP contribution in [0.1, 0.15) is 20.8 Å². The van der Waals surface area contributed by atoms with E-state index in [0.29, 0.717) is 6.61 Å². The summed E-state index contributed by atoms with van der Waals surface area (Å²) < 4.78 is 14.4. The molecule has 0 unspecified atom stereocenters. The molecule has 6 nitrogen and oxygen atoms in total. The van der Waals surface area contributed by atoms with Crippen molar-refractivity contribution in [1.29, 1.82) is 0 Å². The number of hydrogen-bond donors (Lipinski definition) is 1. The van der Waals surface area contributed by atoms with Gasteiger partial charge in [-0.25, -0.2) is 9.59 Å². The highest BCUT2D eigenvalue weighted by atomic mass is 16.6. The lowest BCUT2D eigenvalue weighted by Crippen LogP contribution is -2.43. The van der Waals surface area contributed by atoms with E-state index in [0.717, 1.165) is 0 Å². The fraction of sp³-hybridized carbons (Fsp3) is 0.636. The molecule has 0 heterocycles. The van der Waals surface area contributed by atoms with Gasteiger partial charge in [-0.3, -0.25) is 0 Å². The maximum atomic E-state index is 11.5. The summed E-state index contributed by atoms with van der Waals surface area (Å²) in [5, 5.41) is 2.57. The molecule has 0 saturated heterocycles. The van der Waals surface area contributed by atoms with Crippen molar-refractivity contribution in [1.82, 2.24) is 5.32 Å². The Labute approximate surface area is 101 Å². The van der Waals surface area contributed by atoms with E-state index >= 15 is 0 Å². The summed E-state index contributed by atoms with van der Waals surface area (Å²) in [6.45, 7) is 6.05. The molecule has 1 N–H and O–H groups in total. The summed E-state index contributed by atoms with van der Waals surface area (Å²) in [7, 11) is 0. The number of carbonyl (C=O) groups is 2. The highest BCUT2D eigenvalue weighted by Crippen LogP contribution is 1.94. The van der Waals surface area contributed by atoms with Gasteiger partial charge in [0.25, 0.3) is 0 Å². The molecule has 6 heteroatoms. The third kappa shape index (κ3) is 6.44. The second kappa shape index (κ2) is 9.50. The fourth-order valence-corrected chi connectivity index (χ4v) is 0.963. The summed E-state index contributed by atoms with van der Waals surface area (Å²) >= 11 is 0. The van der Waals surface area contributed by atoms with E-state index in [1.165, 1.54) is 12.5 Å². The van der Waals surface area contributed by atoms with Crippen LogP contribution in [0, 0.1) is 0 Å². The molecule has 0 radical (unpaired) electrons. The zero-order valence-corrected chi connectivity index (χ0v) is 10.4. The number of carbonyl (C=O) groups excluding carboxylic acids is 2. The van der Waals surface area contributed by atoms with Gasteiger partial charge in [-0.15, -0.1) is 0 Å². The molecular weight excluding hydrogens is 226 g/mol. The smallest absolute Gasteiger partial charge is 0.340 e. The van der Waals surface area contributed by atoms with Gasteiger partial charge >= 0.3 is 11.9 Å². The standard InChI is InChI=1S/C11H19NO5/c1-4-15-8-7-12-9(10(13)16-5-2)11(14)17-6-3/h7-9,12H,4-6H2,1-3H3. The molecule has 17 heavy (non-hydrogen) atoms. The number of esters is 2. The summed E-state index contributed by atoms with van der Waals surface area (Å²) in [4.78, 5) is 22.9. The molecule has 0 aromatic rings. The Morgan fingerprint density at radius 2 is 1.59 bits per heavy atom. The van der Waals surface area contributed by atoms with Crippen molar-refractivity contribution in [2.75, 3.05) is 19.8 Å². The van der Waals surface area contributed by atoms with Gasteiger partial charge in [-0.05, 0) is 20.8 Å². The Morgan fingerprint density at radius 1 is 1.06 bits per heavy atom. The number of nitrogens with one attached hydrogen (secondary N) is 1. The fourth-order valence-electron chi connectivity index (χ4n) is 0.963. The first-order valence-electron chi connectivity index (χ1n) is 5.53. The minimum absolute atomic E-state index is 0.200. The van der Waals surface area contributed by atoms with Gasteiger partial charge < -0.3 is 19.5 Å². The summed E-state index contributed by atoms with van der Waals surface area (Å²) in [6.07, 6.45) is 2.72. The maximum Gasteiger partial charge on any atom is 0.340 e. The lowest BCUT2D eigenvalue weighted by molar-refractivity contribution is -0.157. The van der Waals surface area contributed by atoms with Crippen LogP contribution in [-0.4, -0.2) is 37.8 Å². The van der Waals surface area contributed by atoms with Crippen molar-refractivity contribution in [3.8, 4) is 0 Å². The molecule has 0 aromatic heterocycles. The van der Waals surface area contributed by atoms with Crippen molar-refractivity contribution in [3.63, 3.8) is 0 Å². The van der Waals surface area contributed by atoms with Gasteiger partial charge in [0.2, 0.25) is 6.04 Å². The molecule has 0 saturated carbocycles. The predicted octanol–water partition coefficient (Wildman–Crippen LogP) is 0.579. The first-order valence-corrected chi connectivity index (χ1v) is 5.53. The molecule has 0 fully saturated rings. The van der Waals surface area contributed by atoms with Crippen LogP contribution >= 0.6 is 0 Å². The summed E-state index contributed by atoms with van der Waals surface area (Å²) in [5.41, 5.74) is 0. The van der Waals surface area contributed by atoms with Crippen molar-refractivity contribution in [2.45, 2.75) is 26.8 Å². The normalized spacial score (nSPS) is 10.4. The Balaban J connectivity index is 4.39. The maximum absolute atomic E-state index is 11.5. The zero-order chi connectivity index (χ0) is 13.1. The van der Waals surface area contributed by atoms with Crippen LogP contribution in [0.4, 0.5) is 0 Å². The highest BCUT2D eigenvalue weighted by Gasteiger charge is 2.28. The molecule has 0 aliphatic heterocycles. The van der Waals surface area contributed by atoms with Crippen molar-refractivity contribution < 1.29 is 23.8 Å². The molecule has 0 spiro atoms. The monoisotopic (exact) mass is 245 g/mol. The molecule has 0 aromatic carbocycles. The second-order valence-corrected chi connectivity index (χ2v) is 2.86. The van der Waals surface area contributed by atoms with Gasteiger partial charge in [0.05, 0.1) is 26.1 Å². The van der Waals surface area contributed by atoms with Gasteiger partial charge in [0, 0.05) is 6.20 Å². The van der Waals surface area contributed by atoms with Gasteiger partial charge in [0.1, 0.15) is 0 Å². The third-order valence-corrected chi connectivity index (χ3v) is 1.64. The number of hydrogen-bond acceptors (Lipinski definition) is 6. The zero-order valence-electron chi connectivity index (χ0n) is 10.4. The second-order valence-electron chi connectivity index (χ2n) is 2.86. The molecule has 0 atom stereocenters. The predicted molar refractivity (Wildman–Crippen MR) is 61.0 cm³/mol. The third-order valence-electron chi connectivity index (χ3n) is 1.64. The Morgan fingerprint density at radius 3 is 2.00 bits per heavy atom. The first-order chi connectivity index (χ1) is 8.17. The van der Waals surface area contributed by atoms with Gasteiger partial charge in [-0.2, -0.15) is 0 Å². The quantitative estimate of drug-likeness (QED) is 0.383. The largest absolute Gasteiger partial charge is 0.500 e. The first kappa shape index (κ1) is 15.3. The summed E-state index contributed by atoms with van der Waals surface area (Å²) in [6, 6.07) is -1.16. The van der Waals surface area contributed by atoms with Crippen molar-refractivity contribution >= 4 is 11.9 Å². The molecule has 0 amide bonds. The molecule has 0 rings (SSSR count). The van der Waals surface area contributed by atoms with E-state index in [1.54, 1.807) is 13.8 Å². The van der Waals surface area contributed by atoms with Crippen LogP contribution in [0.5, 0.6) is 0 Å². The molecule has 98 valence electrons. The van der Waals surface area contributed by atoms with E-state index in [-0.39, 0.29) is 13.2 Å². The van der Waals surface area contributed by atoms with Crippen LogP contribution in [0.3, 0.4) is 0 Å². The van der Waals surface area contributed by atoms with Crippen LogP contribution in [0.15, 0.2) is 12.5 Å². The van der Waals surface area contributed by atoms with Gasteiger partial charge in [-0.1, -0.05) is 0 Å². The lowest BCUT2D eigenvalue weighted by atomic mass is 10.3. The lowest BCUT2D eigenvalue weighted by Gasteiger charge is -2.14.